The number of carboxylic acids is 1. The zero-order chi connectivity index (χ0) is 11.0. The number of hydrogen-bond donors (Lipinski definition) is 5. The van der Waals surface area contributed by atoms with Gasteiger partial charge in [-0.05, 0) is 12.8 Å². The molecule has 14 heavy (non-hydrogen) atoms. The largest absolute Gasteiger partial charge is 0.480 e. The van der Waals surface area contributed by atoms with Crippen LogP contribution in [0.2, 0.25) is 0 Å². The Labute approximate surface area is 82.5 Å². The van der Waals surface area contributed by atoms with Crippen molar-refractivity contribution in [1.29, 1.82) is 0 Å². The summed E-state index contributed by atoms with van der Waals surface area (Å²) >= 11 is 0. The summed E-state index contributed by atoms with van der Waals surface area (Å²) in [7, 11) is 1.59. The first-order valence-electron chi connectivity index (χ1n) is 4.27. The standard InChI is InChI=1S/C7H17N5O2/c1-10-7(12-9)11-4-2-3-5(8)6(13)14/h5H,2-4,8-9H2,1H3,(H,13,14)(H2,10,11,12)/t5-/m0/s1. The molecular weight excluding hydrogens is 186 g/mol. The number of guanidine groups is 1. The van der Waals surface area contributed by atoms with Crippen LogP contribution in [0.3, 0.4) is 0 Å². The molecule has 7 N–H and O–H groups in total. The van der Waals surface area contributed by atoms with Crippen LogP contribution in [0.4, 0.5) is 0 Å². The molecule has 0 aliphatic carbocycles. The van der Waals surface area contributed by atoms with Crippen molar-refractivity contribution in [3.8, 4) is 0 Å². The summed E-state index contributed by atoms with van der Waals surface area (Å²) < 4.78 is 0. The summed E-state index contributed by atoms with van der Waals surface area (Å²) in [5.74, 6) is 4.60. The van der Waals surface area contributed by atoms with Crippen molar-refractivity contribution in [2.45, 2.75) is 18.9 Å². The Balaban J connectivity index is 3.51. The van der Waals surface area contributed by atoms with E-state index >= 15 is 0 Å². The van der Waals surface area contributed by atoms with Crippen molar-refractivity contribution in [1.82, 2.24) is 10.7 Å². The molecule has 0 aromatic heterocycles. The van der Waals surface area contributed by atoms with E-state index in [0.717, 1.165) is 0 Å². The van der Waals surface area contributed by atoms with E-state index in [0.29, 0.717) is 25.3 Å². The quantitative estimate of drug-likeness (QED) is 0.118. The van der Waals surface area contributed by atoms with Crippen LogP contribution in [0.15, 0.2) is 4.99 Å². The zero-order valence-corrected chi connectivity index (χ0v) is 8.16. The Kier molecular flexibility index (Phi) is 6.42. The fourth-order valence-electron chi connectivity index (χ4n) is 0.847. The van der Waals surface area contributed by atoms with Crippen LogP contribution >= 0.6 is 0 Å². The van der Waals surface area contributed by atoms with Crippen molar-refractivity contribution in [3.63, 3.8) is 0 Å². The van der Waals surface area contributed by atoms with Crippen molar-refractivity contribution in [2.24, 2.45) is 16.6 Å². The first-order valence-corrected chi connectivity index (χ1v) is 4.27. The van der Waals surface area contributed by atoms with E-state index in [1.54, 1.807) is 7.05 Å². The Bertz CT molecular complexity index is 206. The van der Waals surface area contributed by atoms with E-state index < -0.39 is 12.0 Å². The molecule has 0 spiro atoms. The number of nitrogens with one attached hydrogen (secondary N) is 2. The van der Waals surface area contributed by atoms with E-state index in [2.05, 4.69) is 15.7 Å². The number of rotatable bonds is 5. The topological polar surface area (TPSA) is 126 Å². The maximum Gasteiger partial charge on any atom is 0.320 e. The molecule has 0 saturated carbocycles. The van der Waals surface area contributed by atoms with Gasteiger partial charge in [0.05, 0.1) is 0 Å². The van der Waals surface area contributed by atoms with Crippen molar-refractivity contribution in [3.05, 3.63) is 0 Å². The van der Waals surface area contributed by atoms with E-state index in [1.165, 1.54) is 0 Å². The second-order valence-electron chi connectivity index (χ2n) is 2.73. The molecule has 0 aromatic carbocycles. The Morgan fingerprint density at radius 3 is 2.71 bits per heavy atom. The number of hydrazine groups is 1. The summed E-state index contributed by atoms with van der Waals surface area (Å²) in [5.41, 5.74) is 7.65. The van der Waals surface area contributed by atoms with E-state index in [4.69, 9.17) is 16.7 Å². The molecule has 0 amide bonds. The molecule has 0 aliphatic rings. The maximum absolute atomic E-state index is 10.3. The molecule has 7 heteroatoms. The monoisotopic (exact) mass is 203 g/mol. The summed E-state index contributed by atoms with van der Waals surface area (Å²) in [6, 6.07) is -0.801. The highest BCUT2D eigenvalue weighted by Crippen LogP contribution is 1.92. The first-order chi connectivity index (χ1) is 6.61. The minimum absolute atomic E-state index is 0.421. The van der Waals surface area contributed by atoms with Crippen molar-refractivity contribution >= 4 is 11.9 Å². The third-order valence-electron chi connectivity index (χ3n) is 1.66. The van der Waals surface area contributed by atoms with Crippen molar-refractivity contribution in [2.75, 3.05) is 13.6 Å². The molecule has 7 nitrogen and oxygen atoms in total. The molecule has 0 rings (SSSR count). The third-order valence-corrected chi connectivity index (χ3v) is 1.66. The second kappa shape index (κ2) is 7.10. The predicted molar refractivity (Wildman–Crippen MR) is 53.5 cm³/mol. The molecule has 0 radical (unpaired) electrons. The highest BCUT2D eigenvalue weighted by Gasteiger charge is 2.09. The molecule has 0 aromatic rings. The molecule has 82 valence electrons. The van der Waals surface area contributed by atoms with Crippen LogP contribution in [0.5, 0.6) is 0 Å². The minimum Gasteiger partial charge on any atom is -0.480 e. The number of aliphatic imine (C=N–C) groups is 1. The molecule has 0 bridgehead atoms. The lowest BCUT2D eigenvalue weighted by molar-refractivity contribution is -0.138. The molecular formula is C7H17N5O2. The summed E-state index contributed by atoms with van der Waals surface area (Å²) in [6.07, 6.45) is 1.07. The smallest absolute Gasteiger partial charge is 0.320 e. The van der Waals surface area contributed by atoms with Gasteiger partial charge in [-0.2, -0.15) is 0 Å². The van der Waals surface area contributed by atoms with E-state index in [9.17, 15) is 4.79 Å². The molecule has 0 fully saturated rings. The lowest BCUT2D eigenvalue weighted by atomic mass is 10.2. The van der Waals surface area contributed by atoms with Crippen molar-refractivity contribution < 1.29 is 9.90 Å². The van der Waals surface area contributed by atoms with Crippen LogP contribution in [0.25, 0.3) is 0 Å². The zero-order valence-electron chi connectivity index (χ0n) is 8.16. The number of aliphatic carboxylic acids is 1. The Hall–Kier alpha value is -1.34. The molecule has 1 atom stereocenters. The van der Waals surface area contributed by atoms with Crippen LogP contribution in [-0.4, -0.2) is 36.7 Å². The van der Waals surface area contributed by atoms with Gasteiger partial charge in [0.15, 0.2) is 0 Å². The maximum atomic E-state index is 10.3. The van der Waals surface area contributed by atoms with Gasteiger partial charge in [-0.15, -0.1) is 0 Å². The number of hydrogen-bond acceptors (Lipinski definition) is 4. The van der Waals surface area contributed by atoms with Gasteiger partial charge < -0.3 is 16.2 Å². The Morgan fingerprint density at radius 1 is 1.64 bits per heavy atom. The van der Waals surface area contributed by atoms with Gasteiger partial charge in [-0.3, -0.25) is 15.2 Å². The second-order valence-corrected chi connectivity index (χ2v) is 2.73. The van der Waals surface area contributed by atoms with Crippen LogP contribution in [0.1, 0.15) is 12.8 Å². The number of nitrogens with two attached hydrogens (primary N) is 2. The fourth-order valence-corrected chi connectivity index (χ4v) is 0.847. The molecule has 0 aliphatic heterocycles. The van der Waals surface area contributed by atoms with E-state index in [1.807, 2.05) is 0 Å². The first kappa shape index (κ1) is 12.7. The van der Waals surface area contributed by atoms with Gasteiger partial charge in [0.25, 0.3) is 0 Å². The number of nitrogens with zero attached hydrogens (tertiary/aromatic N) is 1. The van der Waals surface area contributed by atoms with Gasteiger partial charge in [0.1, 0.15) is 6.04 Å². The predicted octanol–water partition coefficient (Wildman–Crippen LogP) is -1.78. The Morgan fingerprint density at radius 2 is 2.29 bits per heavy atom. The molecule has 0 saturated heterocycles. The van der Waals surface area contributed by atoms with Gasteiger partial charge >= 0.3 is 5.97 Å². The SMILES string of the molecule is CN=C(NN)NCCC[C@H](N)C(=O)O. The highest BCUT2D eigenvalue weighted by atomic mass is 16.4. The van der Waals surface area contributed by atoms with Gasteiger partial charge in [-0.1, -0.05) is 0 Å². The normalized spacial score (nSPS) is 13.5. The summed E-state index contributed by atoms with van der Waals surface area (Å²) in [5, 5.41) is 11.4. The fraction of sp³-hybridized carbons (Fsp3) is 0.714. The molecule has 0 heterocycles. The molecule has 0 unspecified atom stereocenters. The average Bonchev–Trinajstić information content (AvgIpc) is 2.17. The van der Waals surface area contributed by atoms with Gasteiger partial charge in [0.2, 0.25) is 5.96 Å². The summed E-state index contributed by atoms with van der Waals surface area (Å²) in [4.78, 5) is 14.1. The van der Waals surface area contributed by atoms with Gasteiger partial charge in [0, 0.05) is 13.6 Å². The number of carboxylic acid groups (broad SMARTS) is 1. The average molecular weight is 203 g/mol. The lowest BCUT2D eigenvalue weighted by Gasteiger charge is -2.09. The minimum atomic E-state index is -0.980. The van der Waals surface area contributed by atoms with Crippen LogP contribution in [0, 0.1) is 0 Å². The van der Waals surface area contributed by atoms with E-state index in [-0.39, 0.29) is 0 Å². The van der Waals surface area contributed by atoms with Crippen LogP contribution < -0.4 is 22.3 Å². The summed E-state index contributed by atoms with van der Waals surface area (Å²) in [6.45, 7) is 0.581. The van der Waals surface area contributed by atoms with Crippen LogP contribution in [-0.2, 0) is 4.79 Å². The lowest BCUT2D eigenvalue weighted by Crippen LogP contribution is -2.42. The van der Waals surface area contributed by atoms with Gasteiger partial charge in [-0.25, -0.2) is 5.84 Å². The number of carbonyl (C=O) groups is 1. The highest BCUT2D eigenvalue weighted by molar-refractivity contribution is 5.78. The third kappa shape index (κ3) is 5.33.